The summed E-state index contributed by atoms with van der Waals surface area (Å²) in [5.74, 6) is 0. The summed E-state index contributed by atoms with van der Waals surface area (Å²) in [5, 5.41) is 12.7. The lowest BCUT2D eigenvalue weighted by molar-refractivity contribution is 0.328. The summed E-state index contributed by atoms with van der Waals surface area (Å²) in [5.41, 5.74) is 5.85. The Bertz CT molecular complexity index is 654. The van der Waals surface area contributed by atoms with Crippen molar-refractivity contribution in [2.75, 3.05) is 36.9 Å². The van der Waals surface area contributed by atoms with Gasteiger partial charge in [-0.3, -0.25) is 0 Å². The second-order valence-corrected chi connectivity index (χ2v) is 8.41. The molecule has 3 N–H and O–H groups in total. The van der Waals surface area contributed by atoms with Gasteiger partial charge in [-0.05, 0) is 32.9 Å². The molecule has 0 aromatic carbocycles. The number of hydrogen-bond donors (Lipinski definition) is 2. The first kappa shape index (κ1) is 16.1. The van der Waals surface area contributed by atoms with Crippen LogP contribution in [0.3, 0.4) is 0 Å². The first-order valence-corrected chi connectivity index (χ1v) is 9.55. The van der Waals surface area contributed by atoms with Crippen molar-refractivity contribution in [3.05, 3.63) is 4.88 Å². The number of nitrogens with two attached hydrogens (primary N) is 1. The Morgan fingerprint density at radius 1 is 1.48 bits per heavy atom. The molecule has 21 heavy (non-hydrogen) atoms. The highest BCUT2D eigenvalue weighted by Crippen LogP contribution is 2.39. The maximum atomic E-state index is 11.9. The third-order valence-electron chi connectivity index (χ3n) is 3.48. The van der Waals surface area contributed by atoms with Crippen LogP contribution in [0.15, 0.2) is 4.90 Å². The van der Waals surface area contributed by atoms with Gasteiger partial charge in [0.1, 0.15) is 20.8 Å². The van der Waals surface area contributed by atoms with Gasteiger partial charge in [-0.25, -0.2) is 8.42 Å². The van der Waals surface area contributed by atoms with E-state index < -0.39 is 9.84 Å². The molecule has 0 radical (unpaired) electrons. The van der Waals surface area contributed by atoms with E-state index in [1.165, 1.54) is 12.8 Å². The molecule has 1 aromatic rings. The highest BCUT2D eigenvalue weighted by Gasteiger charge is 2.25. The van der Waals surface area contributed by atoms with Gasteiger partial charge >= 0.3 is 0 Å². The van der Waals surface area contributed by atoms with Crippen LogP contribution in [-0.4, -0.2) is 45.2 Å². The zero-order chi connectivity index (χ0) is 15.6. The zero-order valence-electron chi connectivity index (χ0n) is 12.2. The predicted octanol–water partition coefficient (Wildman–Crippen LogP) is 1.50. The van der Waals surface area contributed by atoms with Crippen LogP contribution in [0.25, 0.3) is 0 Å². The molecular formula is C13H20N4O2S2. The third kappa shape index (κ3) is 3.67. The van der Waals surface area contributed by atoms with Crippen LogP contribution in [0.4, 0.5) is 10.7 Å². The minimum absolute atomic E-state index is 0.0531. The molecule has 1 aromatic heterocycles. The van der Waals surface area contributed by atoms with Gasteiger partial charge in [0, 0.05) is 18.8 Å². The molecule has 1 aliphatic rings. The molecule has 8 heteroatoms. The van der Waals surface area contributed by atoms with Gasteiger partial charge in [0.2, 0.25) is 0 Å². The average molecular weight is 328 g/mol. The molecule has 116 valence electrons. The lowest BCUT2D eigenvalue weighted by Gasteiger charge is -2.21. The molecule has 2 heterocycles. The van der Waals surface area contributed by atoms with Crippen LogP contribution in [-0.2, 0) is 9.84 Å². The van der Waals surface area contributed by atoms with Crippen molar-refractivity contribution in [1.29, 1.82) is 5.26 Å². The molecule has 0 bridgehead atoms. The van der Waals surface area contributed by atoms with E-state index in [-0.39, 0.29) is 21.5 Å². The Hall–Kier alpha value is -1.30. The smallest absolute Gasteiger partial charge is 0.180 e. The number of nitrogen functional groups attached to an aromatic ring is 1. The van der Waals surface area contributed by atoms with E-state index in [9.17, 15) is 8.42 Å². The fraction of sp³-hybridized carbons (Fsp3) is 0.615. The lowest BCUT2D eigenvalue weighted by Crippen LogP contribution is -2.33. The van der Waals surface area contributed by atoms with E-state index in [1.54, 1.807) is 0 Å². The molecule has 1 atom stereocenters. The third-order valence-corrected chi connectivity index (χ3v) is 5.82. The van der Waals surface area contributed by atoms with Crippen LogP contribution >= 0.6 is 11.3 Å². The summed E-state index contributed by atoms with van der Waals surface area (Å²) in [7, 11) is -3.47. The van der Waals surface area contributed by atoms with Crippen LogP contribution in [0.1, 0.15) is 24.6 Å². The summed E-state index contributed by atoms with van der Waals surface area (Å²) in [6.45, 7) is 5.02. The van der Waals surface area contributed by atoms with Crippen molar-refractivity contribution >= 4 is 31.9 Å². The van der Waals surface area contributed by atoms with Crippen LogP contribution in [0.5, 0.6) is 0 Å². The summed E-state index contributed by atoms with van der Waals surface area (Å²) in [4.78, 5) is 2.64. The van der Waals surface area contributed by atoms with E-state index in [4.69, 9.17) is 11.0 Å². The van der Waals surface area contributed by atoms with Gasteiger partial charge in [0.05, 0.1) is 5.69 Å². The number of hydrogen-bond acceptors (Lipinski definition) is 7. The number of anilines is 2. The molecule has 0 spiro atoms. The van der Waals surface area contributed by atoms with Crippen molar-refractivity contribution in [2.45, 2.75) is 30.7 Å². The van der Waals surface area contributed by atoms with E-state index in [2.05, 4.69) is 10.2 Å². The normalized spacial score (nSPS) is 17.6. The molecule has 1 saturated heterocycles. The molecule has 0 saturated carbocycles. The predicted molar refractivity (Wildman–Crippen MR) is 85.3 cm³/mol. The molecule has 1 unspecified atom stereocenters. The van der Waals surface area contributed by atoms with Crippen molar-refractivity contribution < 1.29 is 8.42 Å². The Morgan fingerprint density at radius 3 is 2.62 bits per heavy atom. The Labute approximate surface area is 129 Å². The second kappa shape index (κ2) is 6.22. The van der Waals surface area contributed by atoms with Gasteiger partial charge in [-0.15, -0.1) is 11.3 Å². The largest absolute Gasteiger partial charge is 0.396 e. The Morgan fingerprint density at radius 2 is 2.10 bits per heavy atom. The minimum Gasteiger partial charge on any atom is -0.396 e. The molecule has 6 nitrogen and oxygen atoms in total. The summed E-state index contributed by atoms with van der Waals surface area (Å²) >= 11 is 1.10. The monoisotopic (exact) mass is 328 g/mol. The Balaban J connectivity index is 2.21. The average Bonchev–Trinajstić information content (AvgIpc) is 2.96. The van der Waals surface area contributed by atoms with Crippen molar-refractivity contribution in [3.63, 3.8) is 0 Å². The number of rotatable bonds is 5. The van der Waals surface area contributed by atoms with E-state index >= 15 is 0 Å². The molecule has 2 rings (SSSR count). The number of sulfone groups is 1. The van der Waals surface area contributed by atoms with Gasteiger partial charge in [0.15, 0.2) is 9.84 Å². The Kier molecular flexibility index (Phi) is 4.76. The standard InChI is InChI=1S/C13H20N4O2S2/c1-9(8-17-5-3-4-6-17)16-13-12(21(2,18)19)11(15)10(7-14)20-13/h9,16H,3-6,8,15H2,1-2H3. The van der Waals surface area contributed by atoms with Crippen molar-refractivity contribution in [3.8, 4) is 6.07 Å². The maximum Gasteiger partial charge on any atom is 0.180 e. The minimum atomic E-state index is -3.47. The number of nitriles is 1. The topological polar surface area (TPSA) is 99.2 Å². The van der Waals surface area contributed by atoms with Gasteiger partial charge in [-0.1, -0.05) is 0 Å². The zero-order valence-corrected chi connectivity index (χ0v) is 13.9. The van der Waals surface area contributed by atoms with Crippen LogP contribution in [0.2, 0.25) is 0 Å². The second-order valence-electron chi connectivity index (χ2n) is 5.44. The molecule has 0 amide bonds. The number of likely N-dealkylation sites (tertiary alicyclic amines) is 1. The van der Waals surface area contributed by atoms with E-state index in [0.717, 1.165) is 37.2 Å². The SMILES string of the molecule is CC(CN1CCCC1)Nc1sc(C#N)c(N)c1S(C)(=O)=O. The fourth-order valence-electron chi connectivity index (χ4n) is 2.60. The highest BCUT2D eigenvalue weighted by atomic mass is 32.2. The summed E-state index contributed by atoms with van der Waals surface area (Å²) in [6, 6.07) is 2.04. The number of nitrogens with one attached hydrogen (secondary N) is 1. The maximum absolute atomic E-state index is 11.9. The van der Waals surface area contributed by atoms with Crippen molar-refractivity contribution in [2.24, 2.45) is 0 Å². The number of nitrogens with zero attached hydrogens (tertiary/aromatic N) is 2. The van der Waals surface area contributed by atoms with Gasteiger partial charge in [-0.2, -0.15) is 5.26 Å². The molecular weight excluding hydrogens is 308 g/mol. The number of thiophene rings is 1. The molecule has 0 aliphatic carbocycles. The lowest BCUT2D eigenvalue weighted by atomic mass is 10.3. The molecule has 1 fully saturated rings. The highest BCUT2D eigenvalue weighted by molar-refractivity contribution is 7.91. The van der Waals surface area contributed by atoms with E-state index in [1.807, 2.05) is 13.0 Å². The fourth-order valence-corrected chi connectivity index (χ4v) is 5.06. The first-order chi connectivity index (χ1) is 9.82. The van der Waals surface area contributed by atoms with Gasteiger partial charge in [0.25, 0.3) is 0 Å². The van der Waals surface area contributed by atoms with Crippen LogP contribution in [0, 0.1) is 11.3 Å². The quantitative estimate of drug-likeness (QED) is 0.850. The van der Waals surface area contributed by atoms with Crippen molar-refractivity contribution in [1.82, 2.24) is 4.90 Å². The molecule has 1 aliphatic heterocycles. The summed E-state index contributed by atoms with van der Waals surface area (Å²) in [6.07, 6.45) is 3.54. The summed E-state index contributed by atoms with van der Waals surface area (Å²) < 4.78 is 23.8. The van der Waals surface area contributed by atoms with Crippen LogP contribution < -0.4 is 11.1 Å². The van der Waals surface area contributed by atoms with Gasteiger partial charge < -0.3 is 16.0 Å². The first-order valence-electron chi connectivity index (χ1n) is 6.84. The van der Waals surface area contributed by atoms with E-state index in [0.29, 0.717) is 5.00 Å².